The Bertz CT molecular complexity index is 726. The summed E-state index contributed by atoms with van der Waals surface area (Å²) in [4.78, 5) is 23.8. The van der Waals surface area contributed by atoms with E-state index in [0.717, 1.165) is 44.1 Å². The zero-order valence-electron chi connectivity index (χ0n) is 21.4. The minimum absolute atomic E-state index is 0.0798. The molecule has 0 fully saturated rings. The average molecular weight is 460 g/mol. The highest BCUT2D eigenvalue weighted by Crippen LogP contribution is 2.38. The lowest BCUT2D eigenvalue weighted by Crippen LogP contribution is -2.43. The van der Waals surface area contributed by atoms with E-state index < -0.39 is 8.32 Å². The normalized spacial score (nSPS) is 19.5. The Balaban J connectivity index is 2.76. The molecule has 0 saturated heterocycles. The van der Waals surface area contributed by atoms with Gasteiger partial charge >= 0.3 is 0 Å². The molecule has 0 aliphatic heterocycles. The molecule has 0 aromatic rings. The highest BCUT2D eigenvalue weighted by atomic mass is 28.4. The van der Waals surface area contributed by atoms with E-state index in [0.29, 0.717) is 6.42 Å². The van der Waals surface area contributed by atoms with Crippen LogP contribution in [0, 0.1) is 5.92 Å². The summed E-state index contributed by atoms with van der Waals surface area (Å²) < 4.78 is 6.70. The molecule has 1 rings (SSSR count). The van der Waals surface area contributed by atoms with Crippen LogP contribution in [0.5, 0.6) is 0 Å². The van der Waals surface area contributed by atoms with Crippen LogP contribution in [0.25, 0.3) is 0 Å². The number of ketones is 1. The summed E-state index contributed by atoms with van der Waals surface area (Å²) in [6.07, 6.45) is 20.3. The second-order valence-corrected chi connectivity index (χ2v) is 14.9. The minimum Gasteiger partial charge on any atom is -0.413 e. The fourth-order valence-corrected chi connectivity index (χ4v) is 4.75. The number of hydrogen-bond acceptors (Lipinski definition) is 3. The van der Waals surface area contributed by atoms with Crippen molar-refractivity contribution in [1.82, 2.24) is 5.32 Å². The largest absolute Gasteiger partial charge is 0.413 e. The molecule has 1 amide bonds. The van der Waals surface area contributed by atoms with E-state index in [1.807, 2.05) is 6.08 Å². The Morgan fingerprint density at radius 1 is 1.19 bits per heavy atom. The number of unbranched alkanes of at least 4 members (excludes halogenated alkanes) is 1. The van der Waals surface area contributed by atoms with Gasteiger partial charge in [-0.05, 0) is 62.7 Å². The number of nitrogens with one attached hydrogen (secondary N) is 1. The Kier molecular flexibility index (Phi) is 12.2. The van der Waals surface area contributed by atoms with Crippen LogP contribution >= 0.6 is 0 Å². The molecular formula is C27H45NO3Si. The maximum absolute atomic E-state index is 12.5. The van der Waals surface area contributed by atoms with Crippen molar-refractivity contribution < 1.29 is 14.0 Å². The Labute approximate surface area is 197 Å². The number of rotatable bonds is 13. The van der Waals surface area contributed by atoms with Gasteiger partial charge in [0.15, 0.2) is 14.1 Å². The smallest absolute Gasteiger partial charge is 0.219 e. The molecule has 5 heteroatoms. The van der Waals surface area contributed by atoms with Gasteiger partial charge in [0, 0.05) is 25.0 Å². The predicted molar refractivity (Wildman–Crippen MR) is 138 cm³/mol. The first-order chi connectivity index (χ1) is 15.0. The van der Waals surface area contributed by atoms with Crippen LogP contribution in [0.4, 0.5) is 0 Å². The number of amides is 1. The summed E-state index contributed by atoms with van der Waals surface area (Å²) in [5.74, 6) is 0.340. The monoisotopic (exact) mass is 459 g/mol. The van der Waals surface area contributed by atoms with E-state index in [1.54, 1.807) is 13.1 Å². The highest BCUT2D eigenvalue weighted by molar-refractivity contribution is 6.74. The topological polar surface area (TPSA) is 55.4 Å². The van der Waals surface area contributed by atoms with Crippen molar-refractivity contribution in [3.63, 3.8) is 0 Å². The zero-order chi connectivity index (χ0) is 24.2. The van der Waals surface area contributed by atoms with Crippen LogP contribution in [0.15, 0.2) is 48.1 Å². The van der Waals surface area contributed by atoms with Crippen LogP contribution in [0.2, 0.25) is 18.1 Å². The summed E-state index contributed by atoms with van der Waals surface area (Å²) in [5.41, 5.74) is 0.892. The van der Waals surface area contributed by atoms with E-state index in [9.17, 15) is 9.59 Å². The third-order valence-corrected chi connectivity index (χ3v) is 11.0. The molecule has 180 valence electrons. The maximum atomic E-state index is 12.5. The van der Waals surface area contributed by atoms with Gasteiger partial charge < -0.3 is 9.74 Å². The molecule has 0 spiro atoms. The van der Waals surface area contributed by atoms with Gasteiger partial charge in [0.1, 0.15) is 0 Å². The summed E-state index contributed by atoms with van der Waals surface area (Å²) in [7, 11) is -0.223. The van der Waals surface area contributed by atoms with Crippen molar-refractivity contribution in [2.45, 2.75) is 96.9 Å². The average Bonchev–Trinajstić information content (AvgIpc) is 3.06. The SMILES string of the molecule is CC/C=C\C[C@@H](C/C=C1/C(=O)C=C[C@@H]1C/C=C\CCCC(=O)NC)O[Si](C)(C)C(C)(C)C. The second-order valence-electron chi connectivity index (χ2n) is 10.1. The van der Waals surface area contributed by atoms with E-state index in [2.05, 4.69) is 76.5 Å². The number of allylic oxidation sites excluding steroid dienone is 6. The second kappa shape index (κ2) is 13.7. The van der Waals surface area contributed by atoms with Crippen LogP contribution in [0.3, 0.4) is 0 Å². The fourth-order valence-electron chi connectivity index (χ4n) is 3.37. The lowest BCUT2D eigenvalue weighted by Gasteiger charge is -2.39. The van der Waals surface area contributed by atoms with E-state index >= 15 is 0 Å². The molecule has 0 aromatic carbocycles. The number of hydrogen-bond donors (Lipinski definition) is 1. The summed E-state index contributed by atoms with van der Waals surface area (Å²) >= 11 is 0. The van der Waals surface area contributed by atoms with Crippen molar-refractivity contribution in [2.24, 2.45) is 5.92 Å². The van der Waals surface area contributed by atoms with Gasteiger partial charge in [0.05, 0.1) is 6.10 Å². The van der Waals surface area contributed by atoms with Crippen molar-refractivity contribution in [3.05, 3.63) is 48.1 Å². The maximum Gasteiger partial charge on any atom is 0.219 e. The fraction of sp³-hybridized carbons (Fsp3) is 0.630. The number of carbonyl (C=O) groups is 2. The van der Waals surface area contributed by atoms with Gasteiger partial charge in [0.25, 0.3) is 0 Å². The molecule has 0 aromatic heterocycles. The molecule has 0 saturated carbocycles. The van der Waals surface area contributed by atoms with Gasteiger partial charge in [-0.2, -0.15) is 0 Å². The van der Waals surface area contributed by atoms with Crippen LogP contribution in [-0.4, -0.2) is 33.2 Å². The standard InChI is InChI=1S/C27H45NO3Si/c1-8-9-12-16-23(31-32(6,7)27(2,3)4)19-20-24-22(18-21-25(24)29)15-13-10-11-14-17-26(30)28-5/h9-10,12-13,18,20-23H,8,11,14-17,19H2,1-7H3,(H,28,30)/b12-9-,13-10-,24-20+/t22-,23-/m0/s1. The zero-order valence-corrected chi connectivity index (χ0v) is 22.4. The quantitative estimate of drug-likeness (QED) is 0.145. The van der Waals surface area contributed by atoms with Crippen LogP contribution in [-0.2, 0) is 14.0 Å². The first-order valence-corrected chi connectivity index (χ1v) is 15.0. The van der Waals surface area contributed by atoms with Crippen LogP contribution in [0.1, 0.15) is 72.6 Å². The molecule has 0 heterocycles. The molecule has 2 atom stereocenters. The molecule has 1 aliphatic carbocycles. The highest BCUT2D eigenvalue weighted by Gasteiger charge is 2.38. The predicted octanol–water partition coefficient (Wildman–Crippen LogP) is 6.67. The minimum atomic E-state index is -1.89. The van der Waals surface area contributed by atoms with Crippen molar-refractivity contribution in [3.8, 4) is 0 Å². The van der Waals surface area contributed by atoms with E-state index in [-0.39, 0.29) is 28.8 Å². The lowest BCUT2D eigenvalue weighted by molar-refractivity contribution is -0.120. The van der Waals surface area contributed by atoms with Crippen molar-refractivity contribution >= 4 is 20.0 Å². The molecule has 1 N–H and O–H groups in total. The molecule has 0 bridgehead atoms. The molecule has 4 nitrogen and oxygen atoms in total. The Morgan fingerprint density at radius 3 is 2.53 bits per heavy atom. The Morgan fingerprint density at radius 2 is 1.91 bits per heavy atom. The summed E-state index contributed by atoms with van der Waals surface area (Å²) in [6.45, 7) is 13.5. The van der Waals surface area contributed by atoms with E-state index in [4.69, 9.17) is 4.43 Å². The van der Waals surface area contributed by atoms with Gasteiger partial charge in [-0.25, -0.2) is 0 Å². The number of carbonyl (C=O) groups excluding carboxylic acids is 2. The Hall–Kier alpha value is -1.72. The third kappa shape index (κ3) is 9.82. The molecule has 1 aliphatic rings. The summed E-state index contributed by atoms with van der Waals surface area (Å²) in [6, 6.07) is 0. The molecule has 0 radical (unpaired) electrons. The van der Waals surface area contributed by atoms with Crippen molar-refractivity contribution in [2.75, 3.05) is 7.05 Å². The van der Waals surface area contributed by atoms with Gasteiger partial charge in [0.2, 0.25) is 5.91 Å². The first-order valence-electron chi connectivity index (χ1n) is 12.1. The molecule has 32 heavy (non-hydrogen) atoms. The van der Waals surface area contributed by atoms with Crippen LogP contribution < -0.4 is 5.32 Å². The van der Waals surface area contributed by atoms with E-state index in [1.165, 1.54) is 0 Å². The van der Waals surface area contributed by atoms with Gasteiger partial charge in [-0.1, -0.05) is 64.2 Å². The summed E-state index contributed by atoms with van der Waals surface area (Å²) in [5, 5.41) is 2.80. The molecule has 0 unspecified atom stereocenters. The van der Waals surface area contributed by atoms with Crippen molar-refractivity contribution in [1.29, 1.82) is 0 Å². The van der Waals surface area contributed by atoms with Gasteiger partial charge in [-0.15, -0.1) is 0 Å². The lowest BCUT2D eigenvalue weighted by atomic mass is 9.96. The van der Waals surface area contributed by atoms with Gasteiger partial charge in [-0.3, -0.25) is 9.59 Å². The molecular weight excluding hydrogens is 414 g/mol. The third-order valence-electron chi connectivity index (χ3n) is 6.44. The first kappa shape index (κ1) is 28.3.